The third-order valence-corrected chi connectivity index (χ3v) is 4.34. The minimum absolute atomic E-state index is 0.139. The van der Waals surface area contributed by atoms with Crippen LogP contribution in [0.5, 0.6) is 0 Å². The van der Waals surface area contributed by atoms with Crippen LogP contribution in [0.4, 0.5) is 0 Å². The fourth-order valence-electron chi connectivity index (χ4n) is 2.29. The second-order valence-electron chi connectivity index (χ2n) is 6.50. The standard InChI is InChI=1S/C17H23ClN2S/c1-17(2,3)20-10-14(9-16-11-19-12-21-16)7-13-5-4-6-15(18)8-13/h4-6,8,11-12,14,20H,7,9-10H2,1-3H3. The lowest BCUT2D eigenvalue weighted by Crippen LogP contribution is -2.40. The Hall–Kier alpha value is -0.900. The monoisotopic (exact) mass is 322 g/mol. The van der Waals surface area contributed by atoms with Gasteiger partial charge in [0, 0.05) is 21.6 Å². The molecule has 114 valence electrons. The molecule has 1 aromatic carbocycles. The van der Waals surface area contributed by atoms with Gasteiger partial charge in [0.05, 0.1) is 5.51 Å². The molecule has 2 aromatic rings. The SMILES string of the molecule is CC(C)(C)NCC(Cc1cccc(Cl)c1)Cc1cncs1. The van der Waals surface area contributed by atoms with Crippen LogP contribution in [0.1, 0.15) is 31.2 Å². The van der Waals surface area contributed by atoms with Gasteiger partial charge in [0.2, 0.25) is 0 Å². The maximum atomic E-state index is 6.10. The van der Waals surface area contributed by atoms with E-state index in [0.717, 1.165) is 24.4 Å². The number of hydrogen-bond donors (Lipinski definition) is 1. The van der Waals surface area contributed by atoms with Gasteiger partial charge in [0.15, 0.2) is 0 Å². The molecular formula is C17H23ClN2S. The molecule has 0 saturated carbocycles. The van der Waals surface area contributed by atoms with Crippen molar-refractivity contribution in [3.05, 3.63) is 51.4 Å². The molecule has 21 heavy (non-hydrogen) atoms. The first kappa shape index (κ1) is 16.5. The summed E-state index contributed by atoms with van der Waals surface area (Å²) in [6.45, 7) is 7.61. The molecule has 0 spiro atoms. The van der Waals surface area contributed by atoms with E-state index in [1.807, 2.05) is 23.8 Å². The summed E-state index contributed by atoms with van der Waals surface area (Å²) in [5.41, 5.74) is 3.34. The minimum Gasteiger partial charge on any atom is -0.312 e. The molecule has 1 N–H and O–H groups in total. The van der Waals surface area contributed by atoms with Gasteiger partial charge in [0.1, 0.15) is 0 Å². The summed E-state index contributed by atoms with van der Waals surface area (Å²) in [4.78, 5) is 5.53. The van der Waals surface area contributed by atoms with Crippen molar-refractivity contribution in [2.24, 2.45) is 5.92 Å². The smallest absolute Gasteiger partial charge is 0.0794 e. The van der Waals surface area contributed by atoms with Crippen molar-refractivity contribution >= 4 is 22.9 Å². The molecule has 0 bridgehead atoms. The van der Waals surface area contributed by atoms with Crippen LogP contribution in [0.25, 0.3) is 0 Å². The van der Waals surface area contributed by atoms with Gasteiger partial charge >= 0.3 is 0 Å². The molecule has 0 fully saturated rings. The van der Waals surface area contributed by atoms with Crippen molar-refractivity contribution in [3.8, 4) is 0 Å². The van der Waals surface area contributed by atoms with Gasteiger partial charge in [-0.05, 0) is 63.8 Å². The summed E-state index contributed by atoms with van der Waals surface area (Å²) in [5, 5.41) is 4.43. The van der Waals surface area contributed by atoms with Crippen molar-refractivity contribution in [1.29, 1.82) is 0 Å². The van der Waals surface area contributed by atoms with E-state index >= 15 is 0 Å². The molecule has 0 aliphatic rings. The molecule has 1 aromatic heterocycles. The van der Waals surface area contributed by atoms with Gasteiger partial charge in [0.25, 0.3) is 0 Å². The maximum Gasteiger partial charge on any atom is 0.0794 e. The summed E-state index contributed by atoms with van der Waals surface area (Å²) < 4.78 is 0. The lowest BCUT2D eigenvalue weighted by Gasteiger charge is -2.25. The Morgan fingerprint density at radius 2 is 2.10 bits per heavy atom. The molecule has 2 nitrogen and oxygen atoms in total. The predicted octanol–water partition coefficient (Wildman–Crippen LogP) is 4.59. The van der Waals surface area contributed by atoms with Crippen LogP contribution in [-0.4, -0.2) is 17.1 Å². The Morgan fingerprint density at radius 3 is 2.71 bits per heavy atom. The third-order valence-electron chi connectivity index (χ3n) is 3.31. The Kier molecular flexibility index (Phi) is 5.80. The second-order valence-corrected chi connectivity index (χ2v) is 7.91. The zero-order valence-corrected chi connectivity index (χ0v) is 14.5. The van der Waals surface area contributed by atoms with Crippen molar-refractivity contribution in [2.45, 2.75) is 39.2 Å². The van der Waals surface area contributed by atoms with Gasteiger partial charge in [-0.15, -0.1) is 11.3 Å². The maximum absolute atomic E-state index is 6.10. The van der Waals surface area contributed by atoms with E-state index in [4.69, 9.17) is 11.6 Å². The Balaban J connectivity index is 2.03. The van der Waals surface area contributed by atoms with Crippen LogP contribution in [0, 0.1) is 5.92 Å². The van der Waals surface area contributed by atoms with Crippen LogP contribution in [0.3, 0.4) is 0 Å². The van der Waals surface area contributed by atoms with Crippen molar-refractivity contribution < 1.29 is 0 Å². The number of benzene rings is 1. The molecule has 0 aliphatic carbocycles. The fourth-order valence-corrected chi connectivity index (χ4v) is 3.22. The largest absolute Gasteiger partial charge is 0.312 e. The van der Waals surface area contributed by atoms with E-state index in [2.05, 4.69) is 43.2 Å². The first-order chi connectivity index (χ1) is 9.92. The van der Waals surface area contributed by atoms with E-state index in [0.29, 0.717) is 5.92 Å². The van der Waals surface area contributed by atoms with E-state index in [-0.39, 0.29) is 5.54 Å². The number of rotatable bonds is 6. The summed E-state index contributed by atoms with van der Waals surface area (Å²) >= 11 is 7.83. The number of thiazole rings is 1. The van der Waals surface area contributed by atoms with Gasteiger partial charge < -0.3 is 5.32 Å². The highest BCUT2D eigenvalue weighted by Crippen LogP contribution is 2.19. The summed E-state index contributed by atoms with van der Waals surface area (Å²) in [6, 6.07) is 8.18. The van der Waals surface area contributed by atoms with Crippen LogP contribution >= 0.6 is 22.9 Å². The zero-order valence-electron chi connectivity index (χ0n) is 12.9. The third kappa shape index (κ3) is 6.16. The minimum atomic E-state index is 0.139. The molecule has 1 atom stereocenters. The first-order valence-corrected chi connectivity index (χ1v) is 8.55. The first-order valence-electron chi connectivity index (χ1n) is 7.29. The fraction of sp³-hybridized carbons (Fsp3) is 0.471. The predicted molar refractivity (Wildman–Crippen MR) is 92.2 cm³/mol. The van der Waals surface area contributed by atoms with Crippen LogP contribution in [0.2, 0.25) is 5.02 Å². The van der Waals surface area contributed by atoms with Crippen molar-refractivity contribution in [3.63, 3.8) is 0 Å². The number of aromatic nitrogens is 1. The van der Waals surface area contributed by atoms with Gasteiger partial charge in [-0.2, -0.15) is 0 Å². The number of nitrogens with one attached hydrogen (secondary N) is 1. The quantitative estimate of drug-likeness (QED) is 0.841. The zero-order chi connectivity index (χ0) is 15.3. The van der Waals surface area contributed by atoms with Gasteiger partial charge in [-0.3, -0.25) is 4.98 Å². The average Bonchev–Trinajstić information content (AvgIpc) is 2.88. The Morgan fingerprint density at radius 1 is 1.29 bits per heavy atom. The molecular weight excluding hydrogens is 300 g/mol. The van der Waals surface area contributed by atoms with Gasteiger partial charge in [-0.25, -0.2) is 0 Å². The number of halogens is 1. The average molecular weight is 323 g/mol. The number of nitrogens with zero attached hydrogens (tertiary/aromatic N) is 1. The van der Waals surface area contributed by atoms with Crippen LogP contribution in [-0.2, 0) is 12.8 Å². The molecule has 0 amide bonds. The van der Waals surface area contributed by atoms with E-state index in [9.17, 15) is 0 Å². The lowest BCUT2D eigenvalue weighted by atomic mass is 9.94. The molecule has 0 saturated heterocycles. The molecule has 0 aliphatic heterocycles. The van der Waals surface area contributed by atoms with Crippen molar-refractivity contribution in [1.82, 2.24) is 10.3 Å². The van der Waals surface area contributed by atoms with E-state index < -0.39 is 0 Å². The molecule has 1 unspecified atom stereocenters. The summed E-state index contributed by atoms with van der Waals surface area (Å²) in [6.07, 6.45) is 4.06. The summed E-state index contributed by atoms with van der Waals surface area (Å²) in [5.74, 6) is 0.545. The Bertz CT molecular complexity index is 546. The van der Waals surface area contributed by atoms with E-state index in [1.165, 1.54) is 10.4 Å². The topological polar surface area (TPSA) is 24.9 Å². The second kappa shape index (κ2) is 7.39. The normalized spacial score (nSPS) is 13.3. The summed E-state index contributed by atoms with van der Waals surface area (Å²) in [7, 11) is 0. The van der Waals surface area contributed by atoms with Crippen molar-refractivity contribution in [2.75, 3.05) is 6.54 Å². The molecule has 2 rings (SSSR count). The highest BCUT2D eigenvalue weighted by Gasteiger charge is 2.16. The molecule has 4 heteroatoms. The highest BCUT2D eigenvalue weighted by atomic mass is 35.5. The molecule has 1 heterocycles. The van der Waals surface area contributed by atoms with Crippen LogP contribution < -0.4 is 5.32 Å². The van der Waals surface area contributed by atoms with Gasteiger partial charge in [-0.1, -0.05) is 23.7 Å². The highest BCUT2D eigenvalue weighted by molar-refractivity contribution is 7.09. The van der Waals surface area contributed by atoms with E-state index in [1.54, 1.807) is 11.3 Å². The van der Waals surface area contributed by atoms with Crippen LogP contribution in [0.15, 0.2) is 36.0 Å². The lowest BCUT2D eigenvalue weighted by molar-refractivity contribution is 0.368. The Labute approximate surface area is 136 Å². The number of hydrogen-bond acceptors (Lipinski definition) is 3. The molecule has 0 radical (unpaired) electrons.